The van der Waals surface area contributed by atoms with Gasteiger partial charge in [0.15, 0.2) is 0 Å². The van der Waals surface area contributed by atoms with Crippen LogP contribution in [0.3, 0.4) is 0 Å². The molecule has 1 saturated carbocycles. The molecule has 0 aromatic carbocycles. The first-order valence-corrected chi connectivity index (χ1v) is 9.30. The number of hydrogen-bond acceptors (Lipinski definition) is 5. The van der Waals surface area contributed by atoms with E-state index in [1.165, 1.54) is 24.1 Å². The van der Waals surface area contributed by atoms with Gasteiger partial charge in [0.25, 0.3) is 0 Å². The lowest BCUT2D eigenvalue weighted by molar-refractivity contribution is -0.121. The maximum absolute atomic E-state index is 11.9. The smallest absolute Gasteiger partial charge is 0.220 e. The van der Waals surface area contributed by atoms with Crippen LogP contribution < -0.4 is 5.32 Å². The first-order chi connectivity index (χ1) is 11.3. The molecule has 124 valence electrons. The summed E-state index contributed by atoms with van der Waals surface area (Å²) in [5.74, 6) is 1.81. The van der Waals surface area contributed by atoms with Gasteiger partial charge in [0.05, 0.1) is 0 Å². The fourth-order valence-electron chi connectivity index (χ4n) is 2.97. The molecule has 0 spiro atoms. The summed E-state index contributed by atoms with van der Waals surface area (Å²) in [4.78, 5) is 13.1. The third-order valence-electron chi connectivity index (χ3n) is 4.28. The molecule has 1 aliphatic carbocycles. The van der Waals surface area contributed by atoms with E-state index in [4.69, 9.17) is 4.42 Å². The normalized spacial score (nSPS) is 15.7. The topological polar surface area (TPSA) is 68.0 Å². The highest BCUT2D eigenvalue weighted by molar-refractivity contribution is 7.09. The molecule has 0 atom stereocenters. The predicted octanol–water partition coefficient (Wildman–Crippen LogP) is 3.47. The minimum absolute atomic E-state index is 0.0407. The third kappa shape index (κ3) is 4.89. The maximum Gasteiger partial charge on any atom is 0.220 e. The Bertz CT molecular complexity index is 603. The van der Waals surface area contributed by atoms with Crippen molar-refractivity contribution in [3.05, 3.63) is 34.2 Å². The van der Waals surface area contributed by atoms with Crippen molar-refractivity contribution in [2.45, 2.75) is 57.3 Å². The summed E-state index contributed by atoms with van der Waals surface area (Å²) in [5.41, 5.74) is 0. The zero-order valence-corrected chi connectivity index (χ0v) is 14.1. The Kier molecular flexibility index (Phi) is 5.80. The summed E-state index contributed by atoms with van der Waals surface area (Å²) < 4.78 is 5.74. The molecule has 1 fully saturated rings. The fourth-order valence-corrected chi connectivity index (χ4v) is 3.68. The van der Waals surface area contributed by atoms with E-state index in [0.717, 1.165) is 25.2 Å². The van der Waals surface area contributed by atoms with E-state index in [1.54, 1.807) is 11.3 Å². The highest BCUT2D eigenvalue weighted by Crippen LogP contribution is 2.31. The van der Waals surface area contributed by atoms with Gasteiger partial charge in [-0.3, -0.25) is 4.79 Å². The van der Waals surface area contributed by atoms with E-state index in [0.29, 0.717) is 31.2 Å². The highest BCUT2D eigenvalue weighted by atomic mass is 32.1. The second kappa shape index (κ2) is 8.24. The number of hydrogen-bond donors (Lipinski definition) is 1. The van der Waals surface area contributed by atoms with E-state index in [2.05, 4.69) is 27.0 Å². The molecule has 1 aliphatic rings. The van der Waals surface area contributed by atoms with E-state index >= 15 is 0 Å². The minimum atomic E-state index is 0.0407. The quantitative estimate of drug-likeness (QED) is 0.842. The molecule has 2 heterocycles. The first-order valence-electron chi connectivity index (χ1n) is 8.42. The molecule has 2 aromatic rings. The van der Waals surface area contributed by atoms with Crippen molar-refractivity contribution in [3.63, 3.8) is 0 Å². The number of amides is 1. The van der Waals surface area contributed by atoms with Gasteiger partial charge in [-0.05, 0) is 30.7 Å². The molecule has 3 rings (SSSR count). The second-order valence-corrected chi connectivity index (χ2v) is 7.08. The summed E-state index contributed by atoms with van der Waals surface area (Å²) in [6.45, 7) is 0.677. The largest absolute Gasteiger partial charge is 0.425 e. The molecule has 5 nitrogen and oxygen atoms in total. The van der Waals surface area contributed by atoms with E-state index in [9.17, 15) is 4.79 Å². The molecule has 0 aliphatic heterocycles. The fraction of sp³-hybridized carbons (Fsp3) is 0.588. The number of aryl methyl sites for hydroxylation is 1. The highest BCUT2D eigenvalue weighted by Gasteiger charge is 2.21. The predicted molar refractivity (Wildman–Crippen MR) is 89.5 cm³/mol. The Morgan fingerprint density at radius 1 is 1.26 bits per heavy atom. The summed E-state index contributed by atoms with van der Waals surface area (Å²) in [5, 5.41) is 13.2. The van der Waals surface area contributed by atoms with Gasteiger partial charge in [0.1, 0.15) is 0 Å². The van der Waals surface area contributed by atoms with Crippen molar-refractivity contribution in [2.24, 2.45) is 0 Å². The van der Waals surface area contributed by atoms with Crippen LogP contribution in [0.1, 0.15) is 61.1 Å². The molecule has 0 unspecified atom stereocenters. The molecule has 0 saturated heterocycles. The lowest BCUT2D eigenvalue weighted by atomic mass is 9.89. The molecule has 0 bridgehead atoms. The van der Waals surface area contributed by atoms with Crippen molar-refractivity contribution in [3.8, 4) is 0 Å². The van der Waals surface area contributed by atoms with Crippen molar-refractivity contribution in [1.29, 1.82) is 0 Å². The first kappa shape index (κ1) is 16.2. The Hall–Kier alpha value is -1.69. The van der Waals surface area contributed by atoms with Crippen molar-refractivity contribution >= 4 is 17.2 Å². The van der Waals surface area contributed by atoms with Crippen molar-refractivity contribution in [2.75, 3.05) is 6.54 Å². The summed E-state index contributed by atoms with van der Waals surface area (Å²) in [7, 11) is 0. The molecular formula is C17H23N3O2S. The van der Waals surface area contributed by atoms with Crippen LogP contribution in [0.2, 0.25) is 0 Å². The number of aromatic nitrogens is 2. The Morgan fingerprint density at radius 2 is 2.13 bits per heavy atom. The Morgan fingerprint density at radius 3 is 2.91 bits per heavy atom. The van der Waals surface area contributed by atoms with Crippen LogP contribution in [-0.4, -0.2) is 22.6 Å². The molecule has 1 N–H and O–H groups in total. The van der Waals surface area contributed by atoms with Crippen LogP contribution in [-0.2, 0) is 17.6 Å². The van der Waals surface area contributed by atoms with Gasteiger partial charge >= 0.3 is 0 Å². The molecular weight excluding hydrogens is 310 g/mol. The SMILES string of the molecule is O=C(CCc1nnc(C2CCCCC2)o1)NCCc1cccs1. The molecule has 23 heavy (non-hydrogen) atoms. The summed E-state index contributed by atoms with van der Waals surface area (Å²) in [6, 6.07) is 4.11. The van der Waals surface area contributed by atoms with Crippen molar-refractivity contribution in [1.82, 2.24) is 15.5 Å². The van der Waals surface area contributed by atoms with Crippen LogP contribution in [0.5, 0.6) is 0 Å². The summed E-state index contributed by atoms with van der Waals surface area (Å²) >= 11 is 1.72. The van der Waals surface area contributed by atoms with Gasteiger partial charge in [-0.25, -0.2) is 0 Å². The van der Waals surface area contributed by atoms with Gasteiger partial charge in [-0.2, -0.15) is 0 Å². The van der Waals surface area contributed by atoms with E-state index in [-0.39, 0.29) is 5.91 Å². The van der Waals surface area contributed by atoms with Crippen LogP contribution in [0.4, 0.5) is 0 Å². The maximum atomic E-state index is 11.9. The Balaban J connectivity index is 1.37. The number of rotatable bonds is 7. The Labute approximate surface area is 140 Å². The zero-order chi connectivity index (χ0) is 15.9. The average molecular weight is 333 g/mol. The average Bonchev–Trinajstić information content (AvgIpc) is 3.25. The molecule has 2 aromatic heterocycles. The molecule has 0 radical (unpaired) electrons. The third-order valence-corrected chi connectivity index (χ3v) is 5.21. The summed E-state index contributed by atoms with van der Waals surface area (Å²) in [6.07, 6.45) is 7.89. The van der Waals surface area contributed by atoms with Crippen molar-refractivity contribution < 1.29 is 9.21 Å². The van der Waals surface area contributed by atoms with Gasteiger partial charge in [-0.15, -0.1) is 21.5 Å². The standard InChI is InChI=1S/C17H23N3O2S/c21-15(18-11-10-14-7-4-12-23-14)8-9-16-19-20-17(22-16)13-5-2-1-3-6-13/h4,7,12-13H,1-3,5-6,8-11H2,(H,18,21). The number of thiophene rings is 1. The van der Waals surface area contributed by atoms with Gasteiger partial charge in [0, 0.05) is 30.2 Å². The molecule has 6 heteroatoms. The van der Waals surface area contributed by atoms with Crippen LogP contribution >= 0.6 is 11.3 Å². The van der Waals surface area contributed by atoms with Gasteiger partial charge in [0.2, 0.25) is 17.7 Å². The molecule has 1 amide bonds. The monoisotopic (exact) mass is 333 g/mol. The van der Waals surface area contributed by atoms with Gasteiger partial charge in [-0.1, -0.05) is 25.3 Å². The number of nitrogens with zero attached hydrogens (tertiary/aromatic N) is 2. The number of carbonyl (C=O) groups excluding carboxylic acids is 1. The lowest BCUT2D eigenvalue weighted by Crippen LogP contribution is -2.25. The minimum Gasteiger partial charge on any atom is -0.425 e. The van der Waals surface area contributed by atoms with E-state index in [1.807, 2.05) is 6.07 Å². The van der Waals surface area contributed by atoms with Crippen LogP contribution in [0, 0.1) is 0 Å². The zero-order valence-electron chi connectivity index (χ0n) is 13.3. The van der Waals surface area contributed by atoms with Crippen LogP contribution in [0.15, 0.2) is 21.9 Å². The number of carbonyl (C=O) groups is 1. The lowest BCUT2D eigenvalue weighted by Gasteiger charge is -2.17. The van der Waals surface area contributed by atoms with E-state index < -0.39 is 0 Å². The number of nitrogens with one attached hydrogen (secondary N) is 1. The van der Waals surface area contributed by atoms with Gasteiger partial charge < -0.3 is 9.73 Å². The van der Waals surface area contributed by atoms with Crippen LogP contribution in [0.25, 0.3) is 0 Å². The second-order valence-electron chi connectivity index (χ2n) is 6.05.